The van der Waals surface area contributed by atoms with E-state index < -0.39 is 0 Å². The summed E-state index contributed by atoms with van der Waals surface area (Å²) in [6, 6.07) is 21.7. The zero-order chi connectivity index (χ0) is 20.3. The molecule has 5 rings (SSSR count). The lowest BCUT2D eigenvalue weighted by Gasteiger charge is -2.17. The van der Waals surface area contributed by atoms with Crippen LogP contribution in [0.4, 0.5) is 11.5 Å². The average molecular weight is 414 g/mol. The Morgan fingerprint density at radius 2 is 1.83 bits per heavy atom. The van der Waals surface area contributed by atoms with Crippen LogP contribution in [0.1, 0.15) is 20.9 Å². The predicted molar refractivity (Wildman–Crippen MR) is 119 cm³/mol. The van der Waals surface area contributed by atoms with E-state index in [1.54, 1.807) is 17.5 Å². The number of para-hydroxylation sites is 1. The Bertz CT molecular complexity index is 1170. The van der Waals surface area contributed by atoms with E-state index in [0.29, 0.717) is 24.5 Å². The van der Waals surface area contributed by atoms with E-state index in [0.717, 1.165) is 27.7 Å². The van der Waals surface area contributed by atoms with Gasteiger partial charge in [-0.1, -0.05) is 59.9 Å². The molecule has 2 aromatic carbocycles. The predicted octanol–water partition coefficient (Wildman–Crippen LogP) is 4.42. The van der Waals surface area contributed by atoms with Crippen molar-refractivity contribution < 1.29 is 4.79 Å². The average Bonchev–Trinajstić information content (AvgIpc) is 3.46. The minimum atomic E-state index is -0.0179. The van der Waals surface area contributed by atoms with Crippen molar-refractivity contribution in [2.75, 3.05) is 16.8 Å². The van der Waals surface area contributed by atoms with Gasteiger partial charge in [-0.2, -0.15) is 0 Å². The highest BCUT2D eigenvalue weighted by molar-refractivity contribution is 7.14. The molecule has 0 radical (unpaired) electrons. The molecule has 1 aliphatic rings. The quantitative estimate of drug-likeness (QED) is 0.525. The van der Waals surface area contributed by atoms with Gasteiger partial charge in [0.05, 0.1) is 12.1 Å². The number of nitrogens with zero attached hydrogens (tertiary/aromatic N) is 4. The largest absolute Gasteiger partial charge is 0.363 e. The Balaban J connectivity index is 1.23. The summed E-state index contributed by atoms with van der Waals surface area (Å²) in [5.74, 6) is 0.681. The lowest BCUT2D eigenvalue weighted by Crippen LogP contribution is -2.28. The van der Waals surface area contributed by atoms with Crippen LogP contribution in [0.25, 0.3) is 10.6 Å². The number of aromatic nitrogens is 3. The van der Waals surface area contributed by atoms with Crippen molar-refractivity contribution in [2.24, 2.45) is 0 Å². The number of pyridine rings is 1. The molecule has 148 valence electrons. The number of carbonyl (C=O) groups is 1. The summed E-state index contributed by atoms with van der Waals surface area (Å²) in [6.07, 6.45) is 2.52. The fourth-order valence-corrected chi connectivity index (χ4v) is 4.30. The second kappa shape index (κ2) is 8.04. The van der Waals surface area contributed by atoms with Crippen LogP contribution < -0.4 is 10.2 Å². The molecule has 0 unspecified atom stereocenters. The number of hydrogen-bond donors (Lipinski definition) is 1. The zero-order valence-corrected chi connectivity index (χ0v) is 17.0. The third-order valence-corrected chi connectivity index (χ3v) is 6.02. The summed E-state index contributed by atoms with van der Waals surface area (Å²) in [5, 5.41) is 13.5. The Labute approximate surface area is 178 Å². The third-order valence-electron chi connectivity index (χ3n) is 5.05. The first-order chi connectivity index (χ1) is 14.8. The van der Waals surface area contributed by atoms with Gasteiger partial charge in [-0.25, -0.2) is 4.98 Å². The molecule has 1 aliphatic heterocycles. The van der Waals surface area contributed by atoms with E-state index in [2.05, 4.69) is 26.6 Å². The summed E-state index contributed by atoms with van der Waals surface area (Å²) < 4.78 is 0. The molecule has 0 saturated heterocycles. The third kappa shape index (κ3) is 3.67. The molecule has 7 heteroatoms. The maximum Gasteiger partial charge on any atom is 0.259 e. The van der Waals surface area contributed by atoms with Crippen molar-refractivity contribution in [3.05, 3.63) is 89.1 Å². The molecule has 6 nitrogen and oxygen atoms in total. The summed E-state index contributed by atoms with van der Waals surface area (Å²) in [6.45, 7) is 1.24. The number of hydrogen-bond acceptors (Lipinski definition) is 6. The number of carbonyl (C=O) groups excluding carboxylic acids is 1. The van der Waals surface area contributed by atoms with E-state index in [1.807, 2.05) is 65.6 Å². The Kier molecular flexibility index (Phi) is 4.94. The first-order valence-electron chi connectivity index (χ1n) is 9.75. The van der Waals surface area contributed by atoms with Gasteiger partial charge in [0.15, 0.2) is 0 Å². The molecule has 0 saturated carbocycles. The molecule has 1 amide bonds. The van der Waals surface area contributed by atoms with Crippen molar-refractivity contribution in [1.29, 1.82) is 0 Å². The van der Waals surface area contributed by atoms with Crippen molar-refractivity contribution in [3.63, 3.8) is 0 Å². The summed E-state index contributed by atoms with van der Waals surface area (Å²) in [5.41, 5.74) is 3.85. The van der Waals surface area contributed by atoms with Crippen LogP contribution in [0, 0.1) is 0 Å². The van der Waals surface area contributed by atoms with Crippen LogP contribution in [0.2, 0.25) is 0 Å². The van der Waals surface area contributed by atoms with E-state index in [-0.39, 0.29) is 5.91 Å². The van der Waals surface area contributed by atoms with Gasteiger partial charge >= 0.3 is 0 Å². The molecule has 0 atom stereocenters. The first kappa shape index (κ1) is 18.4. The summed E-state index contributed by atoms with van der Waals surface area (Å²) in [7, 11) is 0. The number of benzene rings is 2. The van der Waals surface area contributed by atoms with Gasteiger partial charge in [0.1, 0.15) is 15.8 Å². The van der Waals surface area contributed by atoms with Gasteiger partial charge in [-0.05, 0) is 30.2 Å². The van der Waals surface area contributed by atoms with Gasteiger partial charge in [-0.3, -0.25) is 4.79 Å². The van der Waals surface area contributed by atoms with E-state index >= 15 is 0 Å². The highest BCUT2D eigenvalue weighted by atomic mass is 32.1. The number of fused-ring (bicyclic) bond motifs is 1. The highest BCUT2D eigenvalue weighted by Gasteiger charge is 2.25. The second-order valence-corrected chi connectivity index (χ2v) is 8.05. The van der Waals surface area contributed by atoms with Crippen molar-refractivity contribution in [3.8, 4) is 10.6 Å². The molecule has 4 aromatic rings. The molecule has 2 aromatic heterocycles. The highest BCUT2D eigenvalue weighted by Crippen LogP contribution is 2.29. The number of anilines is 2. The lowest BCUT2D eigenvalue weighted by atomic mass is 10.2. The van der Waals surface area contributed by atoms with Crippen LogP contribution in [0.3, 0.4) is 0 Å². The van der Waals surface area contributed by atoms with Gasteiger partial charge in [-0.15, -0.1) is 10.2 Å². The van der Waals surface area contributed by atoms with Crippen LogP contribution in [0.5, 0.6) is 0 Å². The lowest BCUT2D eigenvalue weighted by molar-refractivity contribution is 0.0989. The number of nitrogens with one attached hydrogen (secondary N) is 1. The smallest absolute Gasteiger partial charge is 0.259 e. The molecule has 0 aliphatic carbocycles. The summed E-state index contributed by atoms with van der Waals surface area (Å²) >= 11 is 1.55. The number of amides is 1. The van der Waals surface area contributed by atoms with Crippen molar-refractivity contribution in [1.82, 2.24) is 15.2 Å². The zero-order valence-electron chi connectivity index (χ0n) is 16.2. The Morgan fingerprint density at radius 3 is 2.67 bits per heavy atom. The second-order valence-electron chi connectivity index (χ2n) is 6.99. The molecular weight excluding hydrogens is 394 g/mol. The molecule has 0 spiro atoms. The van der Waals surface area contributed by atoms with E-state index in [9.17, 15) is 4.79 Å². The van der Waals surface area contributed by atoms with Gasteiger partial charge in [0, 0.05) is 24.0 Å². The topological polar surface area (TPSA) is 71.0 Å². The summed E-state index contributed by atoms with van der Waals surface area (Å²) in [4.78, 5) is 19.1. The SMILES string of the molecule is O=C(c1ccc(NCc2nnc(-c3ccccc3)s2)nc1)N1CCc2ccccc21. The fraction of sp³-hybridized carbons (Fsp3) is 0.130. The normalized spacial score (nSPS) is 12.6. The van der Waals surface area contributed by atoms with Crippen LogP contribution >= 0.6 is 11.3 Å². The fourth-order valence-electron chi connectivity index (χ4n) is 3.52. The standard InChI is InChI=1S/C23H19N5OS/c29-23(28-13-12-16-6-4-5-9-19(16)28)18-10-11-20(24-14-18)25-15-21-26-27-22(30-21)17-7-2-1-3-8-17/h1-11,14H,12-13,15H2,(H,24,25). The van der Waals surface area contributed by atoms with Crippen LogP contribution in [-0.4, -0.2) is 27.6 Å². The van der Waals surface area contributed by atoms with Gasteiger partial charge in [0.25, 0.3) is 5.91 Å². The molecular formula is C23H19N5OS. The maximum absolute atomic E-state index is 12.9. The molecule has 1 N–H and O–H groups in total. The van der Waals surface area contributed by atoms with Crippen LogP contribution in [0.15, 0.2) is 72.9 Å². The molecule has 3 heterocycles. The first-order valence-corrected chi connectivity index (χ1v) is 10.6. The Morgan fingerprint density at radius 1 is 1.00 bits per heavy atom. The molecule has 0 bridgehead atoms. The van der Waals surface area contributed by atoms with Crippen LogP contribution in [-0.2, 0) is 13.0 Å². The van der Waals surface area contributed by atoms with E-state index in [1.165, 1.54) is 5.56 Å². The van der Waals surface area contributed by atoms with Gasteiger partial charge < -0.3 is 10.2 Å². The molecule has 0 fully saturated rings. The Hall–Kier alpha value is -3.58. The minimum absolute atomic E-state index is 0.0179. The molecule has 30 heavy (non-hydrogen) atoms. The number of rotatable bonds is 5. The van der Waals surface area contributed by atoms with Crippen molar-refractivity contribution in [2.45, 2.75) is 13.0 Å². The monoisotopic (exact) mass is 413 g/mol. The van der Waals surface area contributed by atoms with Crippen molar-refractivity contribution >= 4 is 28.7 Å². The van der Waals surface area contributed by atoms with Gasteiger partial charge in [0.2, 0.25) is 0 Å². The van der Waals surface area contributed by atoms with E-state index in [4.69, 9.17) is 0 Å². The maximum atomic E-state index is 12.9. The minimum Gasteiger partial charge on any atom is -0.363 e.